The lowest BCUT2D eigenvalue weighted by Crippen LogP contribution is -2.23. The number of nitrogens with one attached hydrogen (secondary N) is 2. The molecule has 3 aromatic carbocycles. The Balaban J connectivity index is 1.49. The first kappa shape index (κ1) is 23.7. The Morgan fingerprint density at radius 2 is 1.72 bits per heavy atom. The van der Waals surface area contributed by atoms with E-state index in [1.165, 1.54) is 16.7 Å². The van der Waals surface area contributed by atoms with Crippen LogP contribution in [0.15, 0.2) is 82.7 Å². The number of amides is 1. The third kappa shape index (κ3) is 4.47. The predicted octanol–water partition coefficient (Wildman–Crippen LogP) is 5.93. The number of halogens is 3. The molecule has 5 aromatic rings. The molecule has 1 amide bonds. The maximum Gasteiger partial charge on any atom is 0.416 e. The van der Waals surface area contributed by atoms with Crippen molar-refractivity contribution in [1.82, 2.24) is 14.5 Å². The standard InChI is InChI=1S/C26H19F3N4O2S/c1-15-6-2-5-9-20(15)33-24(35)23-22(18-7-3-4-8-19(18)31-23)32-25(33)36-14-21(34)30-17-12-10-16(11-13-17)26(27,28)29/h2-13,31H,14H2,1H3,(H,30,34). The summed E-state index contributed by atoms with van der Waals surface area (Å²) in [6, 6.07) is 19.0. The minimum Gasteiger partial charge on any atom is -0.349 e. The molecule has 0 fully saturated rings. The smallest absolute Gasteiger partial charge is 0.349 e. The van der Waals surface area contributed by atoms with E-state index in [0.29, 0.717) is 21.9 Å². The number of aryl methyl sites for hydroxylation is 1. The fraction of sp³-hybridized carbons (Fsp3) is 0.115. The molecule has 0 radical (unpaired) electrons. The second kappa shape index (κ2) is 9.19. The van der Waals surface area contributed by atoms with E-state index < -0.39 is 17.6 Å². The second-order valence-corrected chi connectivity index (χ2v) is 9.07. The fourth-order valence-electron chi connectivity index (χ4n) is 3.94. The Labute approximate surface area is 207 Å². The number of alkyl halides is 3. The molecular formula is C26H19F3N4O2S. The first-order valence-corrected chi connectivity index (χ1v) is 11.9. The van der Waals surface area contributed by atoms with Gasteiger partial charge in [-0.1, -0.05) is 48.2 Å². The van der Waals surface area contributed by atoms with Crippen LogP contribution in [0.3, 0.4) is 0 Å². The Morgan fingerprint density at radius 3 is 2.44 bits per heavy atom. The van der Waals surface area contributed by atoms with Gasteiger partial charge in [0, 0.05) is 16.6 Å². The third-order valence-electron chi connectivity index (χ3n) is 5.68. The highest BCUT2D eigenvalue weighted by atomic mass is 32.2. The van der Waals surface area contributed by atoms with Crippen LogP contribution in [-0.4, -0.2) is 26.2 Å². The Kier molecular flexibility index (Phi) is 6.05. The summed E-state index contributed by atoms with van der Waals surface area (Å²) in [4.78, 5) is 34.1. The van der Waals surface area contributed by atoms with Gasteiger partial charge >= 0.3 is 6.18 Å². The van der Waals surface area contributed by atoms with Gasteiger partial charge in [0.05, 0.1) is 17.0 Å². The quantitative estimate of drug-likeness (QED) is 0.228. The van der Waals surface area contributed by atoms with Gasteiger partial charge in [0.25, 0.3) is 5.56 Å². The topological polar surface area (TPSA) is 79.8 Å². The first-order valence-electron chi connectivity index (χ1n) is 10.9. The molecule has 5 rings (SSSR count). The summed E-state index contributed by atoms with van der Waals surface area (Å²) in [6.07, 6.45) is -4.45. The number of rotatable bonds is 5. The van der Waals surface area contributed by atoms with Crippen LogP contribution in [0.1, 0.15) is 11.1 Å². The number of benzene rings is 3. The maximum absolute atomic E-state index is 13.6. The summed E-state index contributed by atoms with van der Waals surface area (Å²) in [5.41, 5.74) is 2.28. The van der Waals surface area contributed by atoms with E-state index in [4.69, 9.17) is 4.98 Å². The summed E-state index contributed by atoms with van der Waals surface area (Å²) in [6.45, 7) is 1.88. The highest BCUT2D eigenvalue weighted by Crippen LogP contribution is 2.30. The van der Waals surface area contributed by atoms with E-state index in [1.54, 1.807) is 6.07 Å². The number of aromatic nitrogens is 3. The molecule has 6 nitrogen and oxygen atoms in total. The van der Waals surface area contributed by atoms with Crippen LogP contribution in [0.2, 0.25) is 0 Å². The van der Waals surface area contributed by atoms with E-state index in [-0.39, 0.29) is 17.0 Å². The van der Waals surface area contributed by atoms with Gasteiger partial charge in [-0.3, -0.25) is 14.2 Å². The molecule has 0 aliphatic heterocycles. The highest BCUT2D eigenvalue weighted by Gasteiger charge is 2.30. The lowest BCUT2D eigenvalue weighted by atomic mass is 10.2. The summed E-state index contributed by atoms with van der Waals surface area (Å²) < 4.78 is 39.8. The van der Waals surface area contributed by atoms with Crippen molar-refractivity contribution in [2.75, 3.05) is 11.1 Å². The van der Waals surface area contributed by atoms with Crippen molar-refractivity contribution in [3.63, 3.8) is 0 Å². The molecule has 0 atom stereocenters. The zero-order valence-electron chi connectivity index (χ0n) is 18.9. The van der Waals surface area contributed by atoms with Crippen molar-refractivity contribution in [3.05, 3.63) is 94.3 Å². The second-order valence-electron chi connectivity index (χ2n) is 8.13. The minimum absolute atomic E-state index is 0.104. The first-order chi connectivity index (χ1) is 17.2. The molecule has 0 spiro atoms. The number of thioether (sulfide) groups is 1. The number of hydrogen-bond acceptors (Lipinski definition) is 4. The molecule has 0 aliphatic rings. The summed E-state index contributed by atoms with van der Waals surface area (Å²) in [5, 5.41) is 3.71. The average molecular weight is 509 g/mol. The maximum atomic E-state index is 13.6. The number of para-hydroxylation sites is 2. The number of carbonyl (C=O) groups excluding carboxylic acids is 1. The van der Waals surface area contributed by atoms with Crippen molar-refractivity contribution >= 4 is 45.3 Å². The predicted molar refractivity (Wildman–Crippen MR) is 135 cm³/mol. The monoisotopic (exact) mass is 508 g/mol. The average Bonchev–Trinajstić information content (AvgIpc) is 3.22. The Morgan fingerprint density at radius 1 is 1.03 bits per heavy atom. The molecule has 2 N–H and O–H groups in total. The molecule has 0 bridgehead atoms. The molecule has 2 heterocycles. The largest absolute Gasteiger partial charge is 0.416 e. The van der Waals surface area contributed by atoms with Gasteiger partial charge in [0.15, 0.2) is 5.16 Å². The van der Waals surface area contributed by atoms with Crippen LogP contribution >= 0.6 is 11.8 Å². The summed E-state index contributed by atoms with van der Waals surface area (Å²) in [7, 11) is 0. The third-order valence-corrected chi connectivity index (χ3v) is 6.62. The molecule has 0 aliphatic carbocycles. The highest BCUT2D eigenvalue weighted by molar-refractivity contribution is 7.99. The number of hydrogen-bond donors (Lipinski definition) is 2. The van der Waals surface area contributed by atoms with Crippen molar-refractivity contribution < 1.29 is 18.0 Å². The zero-order chi connectivity index (χ0) is 25.4. The number of H-pyrrole nitrogens is 1. The van der Waals surface area contributed by atoms with Gasteiger partial charge in [0.2, 0.25) is 5.91 Å². The fourth-order valence-corrected chi connectivity index (χ4v) is 4.73. The molecular weight excluding hydrogens is 489 g/mol. The lowest BCUT2D eigenvalue weighted by molar-refractivity contribution is -0.137. The van der Waals surface area contributed by atoms with E-state index in [1.807, 2.05) is 49.4 Å². The van der Waals surface area contributed by atoms with Crippen LogP contribution < -0.4 is 10.9 Å². The van der Waals surface area contributed by atoms with Gasteiger partial charge in [0.1, 0.15) is 11.0 Å². The van der Waals surface area contributed by atoms with Crippen LogP contribution in [0.4, 0.5) is 18.9 Å². The number of anilines is 1. The molecule has 10 heteroatoms. The van der Waals surface area contributed by atoms with E-state index >= 15 is 0 Å². The summed E-state index contributed by atoms with van der Waals surface area (Å²) >= 11 is 1.07. The van der Waals surface area contributed by atoms with Crippen LogP contribution in [0.25, 0.3) is 27.6 Å². The minimum atomic E-state index is -4.45. The van der Waals surface area contributed by atoms with Crippen molar-refractivity contribution in [2.45, 2.75) is 18.3 Å². The van der Waals surface area contributed by atoms with Crippen LogP contribution in [0, 0.1) is 6.92 Å². The van der Waals surface area contributed by atoms with Crippen molar-refractivity contribution in [1.29, 1.82) is 0 Å². The van der Waals surface area contributed by atoms with E-state index in [2.05, 4.69) is 10.3 Å². The molecule has 0 unspecified atom stereocenters. The molecule has 182 valence electrons. The number of nitrogens with zero attached hydrogens (tertiary/aromatic N) is 2. The molecule has 0 saturated carbocycles. The Hall–Kier alpha value is -4.05. The van der Waals surface area contributed by atoms with E-state index in [9.17, 15) is 22.8 Å². The molecule has 0 saturated heterocycles. The number of fused-ring (bicyclic) bond motifs is 3. The van der Waals surface area contributed by atoms with Crippen molar-refractivity contribution in [2.24, 2.45) is 0 Å². The van der Waals surface area contributed by atoms with Gasteiger partial charge in [-0.05, 0) is 48.9 Å². The van der Waals surface area contributed by atoms with Crippen LogP contribution in [0.5, 0.6) is 0 Å². The lowest BCUT2D eigenvalue weighted by Gasteiger charge is -2.14. The van der Waals surface area contributed by atoms with Gasteiger partial charge < -0.3 is 10.3 Å². The number of carbonyl (C=O) groups is 1. The van der Waals surface area contributed by atoms with Gasteiger partial charge in [-0.15, -0.1) is 0 Å². The van der Waals surface area contributed by atoms with E-state index in [0.717, 1.165) is 40.4 Å². The van der Waals surface area contributed by atoms with Gasteiger partial charge in [-0.25, -0.2) is 4.98 Å². The van der Waals surface area contributed by atoms with Gasteiger partial charge in [-0.2, -0.15) is 13.2 Å². The SMILES string of the molecule is Cc1ccccc1-n1c(SCC(=O)Nc2ccc(C(F)(F)F)cc2)nc2c([nH]c3ccccc32)c1=O. The molecule has 36 heavy (non-hydrogen) atoms. The van der Waals surface area contributed by atoms with Crippen LogP contribution in [-0.2, 0) is 11.0 Å². The summed E-state index contributed by atoms with van der Waals surface area (Å²) in [5.74, 6) is -0.544. The number of aromatic amines is 1. The normalized spacial score (nSPS) is 11.8. The molecule has 2 aromatic heterocycles. The zero-order valence-corrected chi connectivity index (χ0v) is 19.7. The van der Waals surface area contributed by atoms with Crippen molar-refractivity contribution in [3.8, 4) is 5.69 Å². The Bertz CT molecular complexity index is 1660.